The van der Waals surface area contributed by atoms with Gasteiger partial charge in [-0.2, -0.15) is 0 Å². The van der Waals surface area contributed by atoms with Crippen molar-refractivity contribution in [2.45, 2.75) is 44.6 Å². The zero-order chi connectivity index (χ0) is 13.4. The molecule has 0 radical (unpaired) electrons. The highest BCUT2D eigenvalue weighted by Crippen LogP contribution is 2.37. The average Bonchev–Trinajstić information content (AvgIpc) is 2.78. The van der Waals surface area contributed by atoms with Crippen LogP contribution in [-0.4, -0.2) is 17.7 Å². The summed E-state index contributed by atoms with van der Waals surface area (Å²) < 4.78 is 5.51. The van der Waals surface area contributed by atoms with Crippen LogP contribution in [0.4, 0.5) is 0 Å². The maximum atomic E-state index is 11.5. The summed E-state index contributed by atoms with van der Waals surface area (Å²) >= 11 is 0. The topological polar surface area (TPSA) is 46.5 Å². The molecule has 3 heteroatoms. The van der Waals surface area contributed by atoms with E-state index in [1.54, 1.807) is 0 Å². The molecule has 0 aliphatic carbocycles. The SMILES string of the molecule is CC(C)(C)c1ccc(C2(C(=O)O)CCCO2)cc1. The Morgan fingerprint density at radius 1 is 1.28 bits per heavy atom. The first-order valence-electron chi connectivity index (χ1n) is 6.35. The Morgan fingerprint density at radius 3 is 2.28 bits per heavy atom. The summed E-state index contributed by atoms with van der Waals surface area (Å²) in [7, 11) is 0. The van der Waals surface area contributed by atoms with Gasteiger partial charge in [-0.15, -0.1) is 0 Å². The summed E-state index contributed by atoms with van der Waals surface area (Å²) in [5.74, 6) is -0.886. The summed E-state index contributed by atoms with van der Waals surface area (Å²) in [6.45, 7) is 6.94. The Hall–Kier alpha value is -1.35. The number of rotatable bonds is 2. The molecule has 1 aromatic rings. The average molecular weight is 248 g/mol. The van der Waals surface area contributed by atoms with E-state index in [2.05, 4.69) is 20.8 Å². The predicted octanol–water partition coefficient (Wildman–Crippen LogP) is 3.07. The van der Waals surface area contributed by atoms with E-state index in [9.17, 15) is 9.90 Å². The maximum Gasteiger partial charge on any atom is 0.340 e. The number of aliphatic carboxylic acids is 1. The van der Waals surface area contributed by atoms with Crippen molar-refractivity contribution in [2.75, 3.05) is 6.61 Å². The Morgan fingerprint density at radius 2 is 1.89 bits per heavy atom. The third-order valence-corrected chi connectivity index (χ3v) is 3.58. The number of carbonyl (C=O) groups is 1. The lowest BCUT2D eigenvalue weighted by Gasteiger charge is -2.25. The minimum absolute atomic E-state index is 0.0749. The van der Waals surface area contributed by atoms with Gasteiger partial charge < -0.3 is 9.84 Å². The van der Waals surface area contributed by atoms with Gasteiger partial charge in [0.1, 0.15) is 0 Å². The largest absolute Gasteiger partial charge is 0.479 e. The molecule has 18 heavy (non-hydrogen) atoms. The number of hydrogen-bond acceptors (Lipinski definition) is 2. The smallest absolute Gasteiger partial charge is 0.340 e. The van der Waals surface area contributed by atoms with Gasteiger partial charge in [0.2, 0.25) is 0 Å². The van der Waals surface area contributed by atoms with Gasteiger partial charge in [0.15, 0.2) is 5.60 Å². The fourth-order valence-corrected chi connectivity index (χ4v) is 2.40. The van der Waals surface area contributed by atoms with Crippen molar-refractivity contribution in [3.05, 3.63) is 35.4 Å². The van der Waals surface area contributed by atoms with E-state index >= 15 is 0 Å². The number of benzene rings is 1. The molecule has 1 fully saturated rings. The third kappa shape index (κ3) is 2.15. The second kappa shape index (κ2) is 4.39. The van der Waals surface area contributed by atoms with Crippen LogP contribution >= 0.6 is 0 Å². The van der Waals surface area contributed by atoms with Crippen LogP contribution in [0.1, 0.15) is 44.7 Å². The molecule has 1 saturated heterocycles. The molecule has 1 heterocycles. The van der Waals surface area contributed by atoms with Gasteiger partial charge in [-0.25, -0.2) is 4.79 Å². The molecule has 3 nitrogen and oxygen atoms in total. The first kappa shape index (κ1) is 13.1. The van der Waals surface area contributed by atoms with Gasteiger partial charge in [0, 0.05) is 6.61 Å². The van der Waals surface area contributed by atoms with Crippen molar-refractivity contribution in [3.63, 3.8) is 0 Å². The molecule has 0 amide bonds. The fraction of sp³-hybridized carbons (Fsp3) is 0.533. The Bertz CT molecular complexity index is 434. The van der Waals surface area contributed by atoms with Crippen molar-refractivity contribution in [1.82, 2.24) is 0 Å². The predicted molar refractivity (Wildman–Crippen MR) is 69.6 cm³/mol. The molecule has 0 aromatic heterocycles. The highest BCUT2D eigenvalue weighted by molar-refractivity contribution is 5.79. The van der Waals surface area contributed by atoms with Crippen LogP contribution < -0.4 is 0 Å². The summed E-state index contributed by atoms with van der Waals surface area (Å²) in [5, 5.41) is 9.42. The number of carboxylic acids is 1. The minimum atomic E-state index is -1.13. The lowest BCUT2D eigenvalue weighted by molar-refractivity contribution is -0.161. The molecule has 0 saturated carbocycles. The quantitative estimate of drug-likeness (QED) is 0.875. The molecule has 1 aliphatic heterocycles. The zero-order valence-electron chi connectivity index (χ0n) is 11.2. The summed E-state index contributed by atoms with van der Waals surface area (Å²) in [4.78, 5) is 11.5. The first-order chi connectivity index (χ1) is 8.36. The molecule has 1 unspecified atom stereocenters. The van der Waals surface area contributed by atoms with E-state index in [4.69, 9.17) is 4.74 Å². The molecule has 1 aliphatic rings. The maximum absolute atomic E-state index is 11.5. The van der Waals surface area contributed by atoms with Crippen molar-refractivity contribution in [3.8, 4) is 0 Å². The Balaban J connectivity index is 2.36. The van der Waals surface area contributed by atoms with Crippen molar-refractivity contribution in [2.24, 2.45) is 0 Å². The highest BCUT2D eigenvalue weighted by atomic mass is 16.5. The highest BCUT2D eigenvalue weighted by Gasteiger charge is 2.44. The van der Waals surface area contributed by atoms with Crippen LogP contribution in [0.15, 0.2) is 24.3 Å². The Kier molecular flexibility index (Phi) is 3.20. The lowest BCUT2D eigenvalue weighted by Crippen LogP contribution is -2.34. The molecule has 2 rings (SSSR count). The van der Waals surface area contributed by atoms with Gasteiger partial charge in [-0.05, 0) is 29.4 Å². The second-order valence-electron chi connectivity index (χ2n) is 5.91. The summed E-state index contributed by atoms with van der Waals surface area (Å²) in [5.41, 5.74) is 0.896. The minimum Gasteiger partial charge on any atom is -0.479 e. The van der Waals surface area contributed by atoms with Crippen LogP contribution in [0.25, 0.3) is 0 Å². The molecular weight excluding hydrogens is 228 g/mol. The lowest BCUT2D eigenvalue weighted by atomic mass is 9.84. The number of ether oxygens (including phenoxy) is 1. The molecule has 98 valence electrons. The van der Waals surface area contributed by atoms with E-state index in [0.29, 0.717) is 13.0 Å². The number of carboxylic acid groups (broad SMARTS) is 1. The Labute approximate surface area is 108 Å². The first-order valence-corrected chi connectivity index (χ1v) is 6.35. The van der Waals surface area contributed by atoms with E-state index in [-0.39, 0.29) is 5.41 Å². The van der Waals surface area contributed by atoms with E-state index in [1.807, 2.05) is 24.3 Å². The summed E-state index contributed by atoms with van der Waals surface area (Å²) in [6, 6.07) is 7.78. The van der Waals surface area contributed by atoms with Crippen molar-refractivity contribution < 1.29 is 14.6 Å². The van der Waals surface area contributed by atoms with Crippen LogP contribution in [0.5, 0.6) is 0 Å². The molecule has 1 atom stereocenters. The summed E-state index contributed by atoms with van der Waals surface area (Å²) in [6.07, 6.45) is 1.35. The monoisotopic (exact) mass is 248 g/mol. The van der Waals surface area contributed by atoms with Crippen LogP contribution in [0.2, 0.25) is 0 Å². The van der Waals surface area contributed by atoms with Gasteiger partial charge in [0.05, 0.1) is 0 Å². The van der Waals surface area contributed by atoms with E-state index in [1.165, 1.54) is 5.56 Å². The van der Waals surface area contributed by atoms with Crippen LogP contribution in [-0.2, 0) is 20.5 Å². The van der Waals surface area contributed by atoms with E-state index in [0.717, 1.165) is 12.0 Å². The van der Waals surface area contributed by atoms with Gasteiger partial charge >= 0.3 is 5.97 Å². The number of hydrogen-bond donors (Lipinski definition) is 1. The molecule has 1 aromatic carbocycles. The molecule has 0 spiro atoms. The van der Waals surface area contributed by atoms with Crippen LogP contribution in [0, 0.1) is 0 Å². The second-order valence-corrected chi connectivity index (χ2v) is 5.91. The van der Waals surface area contributed by atoms with Gasteiger partial charge in [-0.1, -0.05) is 45.0 Å². The molecular formula is C15H20O3. The van der Waals surface area contributed by atoms with E-state index < -0.39 is 11.6 Å². The standard InChI is InChI=1S/C15H20O3/c1-14(2,3)11-5-7-12(8-6-11)15(13(16)17)9-4-10-18-15/h5-8H,4,9-10H2,1-3H3,(H,16,17). The van der Waals surface area contributed by atoms with Gasteiger partial charge in [-0.3, -0.25) is 0 Å². The normalized spacial score (nSPS) is 24.2. The van der Waals surface area contributed by atoms with Gasteiger partial charge in [0.25, 0.3) is 0 Å². The molecule has 1 N–H and O–H groups in total. The van der Waals surface area contributed by atoms with Crippen molar-refractivity contribution >= 4 is 5.97 Å². The fourth-order valence-electron chi connectivity index (χ4n) is 2.40. The van der Waals surface area contributed by atoms with Crippen LogP contribution in [0.3, 0.4) is 0 Å². The molecule has 0 bridgehead atoms. The van der Waals surface area contributed by atoms with Crippen molar-refractivity contribution in [1.29, 1.82) is 0 Å². The third-order valence-electron chi connectivity index (χ3n) is 3.58. The zero-order valence-corrected chi connectivity index (χ0v) is 11.2.